The van der Waals surface area contributed by atoms with Gasteiger partial charge in [0.25, 0.3) is 0 Å². The first-order valence-electron chi connectivity index (χ1n) is 13.9. The molecule has 30 heavy (non-hydrogen) atoms. The Kier molecular flexibility index (Phi) is 6.72. The SMILES string of the molecule is CCC(CCC(C)C1CCC2C3CCC4CC(O)CCC4(C)C3CCC12C)C(C)C. The highest BCUT2D eigenvalue weighted by molar-refractivity contribution is 5.09. The van der Waals surface area contributed by atoms with E-state index in [2.05, 4.69) is 41.5 Å². The molecule has 4 rings (SSSR count). The summed E-state index contributed by atoms with van der Waals surface area (Å²) < 4.78 is 0. The summed E-state index contributed by atoms with van der Waals surface area (Å²) in [4.78, 5) is 0. The maximum Gasteiger partial charge on any atom is 0.0543 e. The second-order valence-electron chi connectivity index (χ2n) is 13.3. The summed E-state index contributed by atoms with van der Waals surface area (Å²) in [5.74, 6) is 7.34. The fourth-order valence-electron chi connectivity index (χ4n) is 9.90. The van der Waals surface area contributed by atoms with Gasteiger partial charge in [-0.25, -0.2) is 0 Å². The fraction of sp³-hybridized carbons (Fsp3) is 1.00. The van der Waals surface area contributed by atoms with Gasteiger partial charge in [0.15, 0.2) is 0 Å². The summed E-state index contributed by atoms with van der Waals surface area (Å²) in [6, 6.07) is 0. The highest BCUT2D eigenvalue weighted by Gasteiger charge is 2.60. The molecule has 0 radical (unpaired) electrons. The average Bonchev–Trinajstić information content (AvgIpc) is 3.06. The summed E-state index contributed by atoms with van der Waals surface area (Å²) >= 11 is 0. The topological polar surface area (TPSA) is 20.2 Å². The van der Waals surface area contributed by atoms with Crippen LogP contribution in [0.15, 0.2) is 0 Å². The molecule has 1 heteroatoms. The van der Waals surface area contributed by atoms with Crippen LogP contribution in [0.3, 0.4) is 0 Å². The molecule has 174 valence electrons. The van der Waals surface area contributed by atoms with Crippen molar-refractivity contribution in [2.75, 3.05) is 0 Å². The molecular weight excluding hydrogens is 364 g/mol. The van der Waals surface area contributed by atoms with E-state index in [4.69, 9.17) is 0 Å². The van der Waals surface area contributed by atoms with E-state index < -0.39 is 0 Å². The molecule has 0 heterocycles. The van der Waals surface area contributed by atoms with Crippen LogP contribution >= 0.6 is 0 Å². The van der Waals surface area contributed by atoms with Crippen molar-refractivity contribution in [1.82, 2.24) is 0 Å². The normalized spacial score (nSPS) is 48.0. The number of fused-ring (bicyclic) bond motifs is 5. The minimum atomic E-state index is -0.0111. The van der Waals surface area contributed by atoms with Crippen molar-refractivity contribution < 1.29 is 5.11 Å². The van der Waals surface area contributed by atoms with Gasteiger partial charge in [-0.3, -0.25) is 0 Å². The molecule has 0 saturated heterocycles. The smallest absolute Gasteiger partial charge is 0.0543 e. The van der Waals surface area contributed by atoms with Crippen molar-refractivity contribution in [2.24, 2.45) is 58.2 Å². The first kappa shape index (κ1) is 23.1. The molecule has 0 aliphatic heterocycles. The molecule has 0 aromatic heterocycles. The van der Waals surface area contributed by atoms with Gasteiger partial charge in [0, 0.05) is 0 Å². The molecule has 10 unspecified atom stereocenters. The van der Waals surface area contributed by atoms with E-state index in [0.29, 0.717) is 10.8 Å². The van der Waals surface area contributed by atoms with Crippen LogP contribution in [0.25, 0.3) is 0 Å². The third-order valence-corrected chi connectivity index (χ3v) is 11.9. The molecule has 10 atom stereocenters. The van der Waals surface area contributed by atoms with Gasteiger partial charge in [0.05, 0.1) is 6.10 Å². The quantitative estimate of drug-likeness (QED) is 0.463. The average molecular weight is 417 g/mol. The van der Waals surface area contributed by atoms with E-state index in [9.17, 15) is 5.11 Å². The van der Waals surface area contributed by atoms with Gasteiger partial charge >= 0.3 is 0 Å². The van der Waals surface area contributed by atoms with E-state index in [-0.39, 0.29) is 6.10 Å². The van der Waals surface area contributed by atoms with E-state index in [1.54, 1.807) is 0 Å². The van der Waals surface area contributed by atoms with E-state index in [0.717, 1.165) is 60.2 Å². The zero-order chi connectivity index (χ0) is 21.7. The fourth-order valence-corrected chi connectivity index (χ4v) is 9.90. The maximum absolute atomic E-state index is 10.3. The summed E-state index contributed by atoms with van der Waals surface area (Å²) in [6.07, 6.45) is 16.5. The lowest BCUT2D eigenvalue weighted by atomic mass is 9.44. The number of hydrogen-bond donors (Lipinski definition) is 1. The molecule has 4 aliphatic rings. The second-order valence-corrected chi connectivity index (χ2v) is 13.3. The third-order valence-electron chi connectivity index (χ3n) is 11.9. The molecule has 0 amide bonds. The largest absolute Gasteiger partial charge is 0.393 e. The molecule has 0 aromatic rings. The van der Waals surface area contributed by atoms with Crippen molar-refractivity contribution in [2.45, 2.75) is 125 Å². The third kappa shape index (κ3) is 3.82. The number of rotatable bonds is 6. The Hall–Kier alpha value is -0.0400. The highest BCUT2D eigenvalue weighted by Crippen LogP contribution is 2.68. The second kappa shape index (κ2) is 8.72. The molecule has 4 saturated carbocycles. The van der Waals surface area contributed by atoms with Crippen molar-refractivity contribution in [1.29, 1.82) is 0 Å². The van der Waals surface area contributed by atoms with Crippen molar-refractivity contribution in [3.8, 4) is 0 Å². The number of aliphatic hydroxyl groups is 1. The molecule has 4 aliphatic carbocycles. The zero-order valence-electron chi connectivity index (χ0n) is 21.1. The Morgan fingerprint density at radius 1 is 0.833 bits per heavy atom. The van der Waals surface area contributed by atoms with Crippen molar-refractivity contribution >= 4 is 0 Å². The lowest BCUT2D eigenvalue weighted by Gasteiger charge is -2.61. The molecule has 4 fully saturated rings. The van der Waals surface area contributed by atoms with Crippen molar-refractivity contribution in [3.05, 3.63) is 0 Å². The Labute approximate surface area is 188 Å². The Balaban J connectivity index is 1.45. The predicted molar refractivity (Wildman–Crippen MR) is 128 cm³/mol. The van der Waals surface area contributed by atoms with Gasteiger partial charge < -0.3 is 5.11 Å². The lowest BCUT2D eigenvalue weighted by Crippen LogP contribution is -2.54. The van der Waals surface area contributed by atoms with Gasteiger partial charge in [-0.05, 0) is 122 Å². The monoisotopic (exact) mass is 416 g/mol. The van der Waals surface area contributed by atoms with Gasteiger partial charge in [-0.2, -0.15) is 0 Å². The van der Waals surface area contributed by atoms with Gasteiger partial charge in [0.1, 0.15) is 0 Å². The minimum Gasteiger partial charge on any atom is -0.393 e. The van der Waals surface area contributed by atoms with E-state index in [1.165, 1.54) is 64.2 Å². The van der Waals surface area contributed by atoms with Crippen LogP contribution < -0.4 is 0 Å². The Bertz CT molecular complexity index is 583. The first-order chi connectivity index (χ1) is 14.2. The number of aliphatic hydroxyl groups excluding tert-OH is 1. The molecule has 0 bridgehead atoms. The predicted octanol–water partition coefficient (Wildman–Crippen LogP) is 8.10. The van der Waals surface area contributed by atoms with Gasteiger partial charge in [0.2, 0.25) is 0 Å². The van der Waals surface area contributed by atoms with Gasteiger partial charge in [-0.1, -0.05) is 54.4 Å². The lowest BCUT2D eigenvalue weighted by molar-refractivity contribution is -0.129. The van der Waals surface area contributed by atoms with Crippen LogP contribution in [0.2, 0.25) is 0 Å². The standard InChI is InChI=1S/C29H52O/c1-7-21(19(2)3)9-8-20(4)25-12-13-26-24-11-10-22-18-23(30)14-16-28(22,5)27(24)15-17-29(25,26)6/h19-27,30H,7-18H2,1-6H3. The Morgan fingerprint density at radius 3 is 2.23 bits per heavy atom. The van der Waals surface area contributed by atoms with Crippen molar-refractivity contribution in [3.63, 3.8) is 0 Å². The zero-order valence-corrected chi connectivity index (χ0v) is 21.1. The summed E-state index contributed by atoms with van der Waals surface area (Å²) in [5, 5.41) is 10.3. The highest BCUT2D eigenvalue weighted by atomic mass is 16.3. The van der Waals surface area contributed by atoms with Crippen LogP contribution in [-0.4, -0.2) is 11.2 Å². The first-order valence-corrected chi connectivity index (χ1v) is 13.9. The molecule has 1 nitrogen and oxygen atoms in total. The molecule has 1 N–H and O–H groups in total. The maximum atomic E-state index is 10.3. The van der Waals surface area contributed by atoms with Crippen LogP contribution in [0.1, 0.15) is 119 Å². The van der Waals surface area contributed by atoms with Gasteiger partial charge in [-0.15, -0.1) is 0 Å². The van der Waals surface area contributed by atoms with Crippen LogP contribution in [0.5, 0.6) is 0 Å². The van der Waals surface area contributed by atoms with Crippen LogP contribution in [0, 0.1) is 58.2 Å². The van der Waals surface area contributed by atoms with E-state index >= 15 is 0 Å². The van der Waals surface area contributed by atoms with Crippen LogP contribution in [-0.2, 0) is 0 Å². The van der Waals surface area contributed by atoms with Crippen LogP contribution in [0.4, 0.5) is 0 Å². The Morgan fingerprint density at radius 2 is 1.53 bits per heavy atom. The molecule has 0 aromatic carbocycles. The van der Waals surface area contributed by atoms with E-state index in [1.807, 2.05) is 0 Å². The number of hydrogen-bond acceptors (Lipinski definition) is 1. The summed E-state index contributed by atoms with van der Waals surface area (Å²) in [7, 11) is 0. The molecule has 0 spiro atoms. The summed E-state index contributed by atoms with van der Waals surface area (Å²) in [5.41, 5.74) is 1.14. The molecular formula is C29H52O. The minimum absolute atomic E-state index is 0.0111. The summed E-state index contributed by atoms with van der Waals surface area (Å²) in [6.45, 7) is 15.2.